The molecule has 0 radical (unpaired) electrons. The van der Waals surface area contributed by atoms with Gasteiger partial charge in [-0.25, -0.2) is 4.98 Å². The third-order valence-corrected chi connectivity index (χ3v) is 5.80. The Balaban J connectivity index is 1.47. The van der Waals surface area contributed by atoms with Gasteiger partial charge in [-0.1, -0.05) is 50.2 Å². The van der Waals surface area contributed by atoms with Gasteiger partial charge >= 0.3 is 0 Å². The predicted molar refractivity (Wildman–Crippen MR) is 122 cm³/mol. The quantitative estimate of drug-likeness (QED) is 0.603. The number of fused-ring (bicyclic) bond motifs is 1. The Bertz CT molecular complexity index is 993. The molecule has 1 aromatic carbocycles. The summed E-state index contributed by atoms with van der Waals surface area (Å²) in [4.78, 5) is 20.2. The van der Waals surface area contributed by atoms with Crippen LogP contribution in [0.15, 0.2) is 54.7 Å². The van der Waals surface area contributed by atoms with E-state index in [1.54, 1.807) is 0 Å². The minimum atomic E-state index is -0.0643. The number of amides is 1. The largest absolute Gasteiger partial charge is 0.379 e. The second-order valence-corrected chi connectivity index (χ2v) is 8.71. The molecule has 4 rings (SSSR count). The van der Waals surface area contributed by atoms with Crippen LogP contribution in [-0.4, -0.2) is 53.0 Å². The van der Waals surface area contributed by atoms with Crippen LogP contribution in [0.3, 0.4) is 0 Å². The lowest BCUT2D eigenvalue weighted by Gasteiger charge is -2.25. The van der Waals surface area contributed by atoms with Crippen LogP contribution in [0.1, 0.15) is 47.9 Å². The standard InChI is InChI=1S/C25H32N4O2/c1-19(2)15-21(20-7-4-3-5-8-20)16-26-25(30)23-9-6-10-24-27-22(18-29(23)24)17-28-11-13-31-14-12-28/h3-10,18-19,21H,11-17H2,1-2H3,(H,26,30). The normalized spacial score (nSPS) is 16.0. The zero-order valence-corrected chi connectivity index (χ0v) is 18.5. The summed E-state index contributed by atoms with van der Waals surface area (Å²) < 4.78 is 7.34. The van der Waals surface area contributed by atoms with Gasteiger partial charge in [0, 0.05) is 38.3 Å². The van der Waals surface area contributed by atoms with Crippen LogP contribution in [0.4, 0.5) is 0 Å². The number of morpholine rings is 1. The Morgan fingerprint density at radius 1 is 1.10 bits per heavy atom. The molecule has 0 bridgehead atoms. The lowest BCUT2D eigenvalue weighted by atomic mass is 9.90. The second kappa shape index (κ2) is 10.1. The summed E-state index contributed by atoms with van der Waals surface area (Å²) in [6.45, 7) is 9.19. The summed E-state index contributed by atoms with van der Waals surface area (Å²) in [7, 11) is 0. The Morgan fingerprint density at radius 2 is 1.87 bits per heavy atom. The summed E-state index contributed by atoms with van der Waals surface area (Å²) >= 11 is 0. The van der Waals surface area contributed by atoms with E-state index in [0.29, 0.717) is 24.1 Å². The minimum absolute atomic E-state index is 0.0643. The predicted octanol–water partition coefficient (Wildman–Crippen LogP) is 3.73. The highest BCUT2D eigenvalue weighted by Crippen LogP contribution is 2.23. The van der Waals surface area contributed by atoms with E-state index in [1.807, 2.05) is 34.9 Å². The van der Waals surface area contributed by atoms with E-state index >= 15 is 0 Å². The molecule has 2 aromatic heterocycles. The molecule has 3 heterocycles. The molecular weight excluding hydrogens is 388 g/mol. The van der Waals surface area contributed by atoms with Crippen molar-refractivity contribution in [2.24, 2.45) is 5.92 Å². The highest BCUT2D eigenvalue weighted by molar-refractivity contribution is 5.93. The number of ether oxygens (including phenoxy) is 1. The van der Waals surface area contributed by atoms with Gasteiger partial charge in [0.15, 0.2) is 0 Å². The molecule has 0 spiro atoms. The molecule has 1 N–H and O–H groups in total. The molecule has 6 nitrogen and oxygen atoms in total. The number of benzene rings is 1. The number of carbonyl (C=O) groups excluding carboxylic acids is 1. The Labute approximate surface area is 184 Å². The fourth-order valence-electron chi connectivity index (χ4n) is 4.25. The van der Waals surface area contributed by atoms with Crippen LogP contribution < -0.4 is 5.32 Å². The number of aromatic nitrogens is 2. The van der Waals surface area contributed by atoms with Crippen LogP contribution in [0.5, 0.6) is 0 Å². The van der Waals surface area contributed by atoms with Gasteiger partial charge in [0.05, 0.1) is 18.9 Å². The van der Waals surface area contributed by atoms with E-state index < -0.39 is 0 Å². The van der Waals surface area contributed by atoms with Crippen molar-refractivity contribution in [2.75, 3.05) is 32.8 Å². The number of nitrogens with one attached hydrogen (secondary N) is 1. The first kappa shape index (κ1) is 21.5. The Morgan fingerprint density at radius 3 is 2.61 bits per heavy atom. The fourth-order valence-corrected chi connectivity index (χ4v) is 4.25. The topological polar surface area (TPSA) is 58.9 Å². The van der Waals surface area contributed by atoms with Crippen molar-refractivity contribution in [1.29, 1.82) is 0 Å². The van der Waals surface area contributed by atoms with Crippen LogP contribution in [0, 0.1) is 5.92 Å². The molecule has 6 heteroatoms. The number of pyridine rings is 1. The fraction of sp³-hybridized carbons (Fsp3) is 0.440. The molecule has 1 amide bonds. The maximum absolute atomic E-state index is 13.1. The van der Waals surface area contributed by atoms with E-state index in [4.69, 9.17) is 9.72 Å². The van der Waals surface area contributed by atoms with Crippen LogP contribution >= 0.6 is 0 Å². The molecule has 1 aliphatic rings. The minimum Gasteiger partial charge on any atom is -0.379 e. The molecule has 1 fully saturated rings. The van der Waals surface area contributed by atoms with Gasteiger partial charge in [0.2, 0.25) is 0 Å². The first-order valence-corrected chi connectivity index (χ1v) is 11.2. The molecule has 31 heavy (non-hydrogen) atoms. The van der Waals surface area contributed by atoms with E-state index in [9.17, 15) is 4.79 Å². The van der Waals surface area contributed by atoms with Gasteiger partial charge in [-0.15, -0.1) is 0 Å². The lowest BCUT2D eigenvalue weighted by Crippen LogP contribution is -2.35. The molecule has 3 aromatic rings. The van der Waals surface area contributed by atoms with Crippen molar-refractivity contribution in [3.63, 3.8) is 0 Å². The monoisotopic (exact) mass is 420 g/mol. The molecule has 164 valence electrons. The molecule has 1 atom stereocenters. The average molecular weight is 421 g/mol. The molecule has 0 saturated carbocycles. The lowest BCUT2D eigenvalue weighted by molar-refractivity contribution is 0.0337. The van der Waals surface area contributed by atoms with Gasteiger partial charge in [0.1, 0.15) is 11.3 Å². The van der Waals surface area contributed by atoms with Gasteiger partial charge in [-0.3, -0.25) is 14.1 Å². The van der Waals surface area contributed by atoms with Crippen molar-refractivity contribution in [3.05, 3.63) is 71.7 Å². The van der Waals surface area contributed by atoms with Crippen LogP contribution in [0.2, 0.25) is 0 Å². The number of hydrogen-bond donors (Lipinski definition) is 1. The van der Waals surface area contributed by atoms with E-state index in [-0.39, 0.29) is 5.91 Å². The highest BCUT2D eigenvalue weighted by atomic mass is 16.5. The summed E-state index contributed by atoms with van der Waals surface area (Å²) in [5, 5.41) is 3.17. The number of carbonyl (C=O) groups is 1. The third-order valence-electron chi connectivity index (χ3n) is 5.80. The zero-order valence-electron chi connectivity index (χ0n) is 18.5. The van der Waals surface area contributed by atoms with Gasteiger partial charge in [-0.05, 0) is 30.0 Å². The third kappa shape index (κ3) is 5.51. The van der Waals surface area contributed by atoms with Gasteiger partial charge in [0.25, 0.3) is 5.91 Å². The molecule has 1 aliphatic heterocycles. The van der Waals surface area contributed by atoms with Crippen molar-refractivity contribution in [3.8, 4) is 0 Å². The van der Waals surface area contributed by atoms with Crippen molar-refractivity contribution in [2.45, 2.75) is 32.7 Å². The molecule has 0 aliphatic carbocycles. The van der Waals surface area contributed by atoms with Crippen LogP contribution in [-0.2, 0) is 11.3 Å². The second-order valence-electron chi connectivity index (χ2n) is 8.71. The number of rotatable bonds is 8. The van der Waals surface area contributed by atoms with Crippen molar-refractivity contribution in [1.82, 2.24) is 19.6 Å². The Hall–Kier alpha value is -2.70. The SMILES string of the molecule is CC(C)CC(CNC(=O)c1cccc2nc(CN3CCOCC3)cn12)c1ccccc1. The molecule has 1 saturated heterocycles. The summed E-state index contributed by atoms with van der Waals surface area (Å²) in [6, 6.07) is 16.2. The maximum atomic E-state index is 13.1. The van der Waals surface area contributed by atoms with Crippen molar-refractivity contribution >= 4 is 11.6 Å². The van der Waals surface area contributed by atoms with Crippen molar-refractivity contribution < 1.29 is 9.53 Å². The van der Waals surface area contributed by atoms with Crippen LogP contribution in [0.25, 0.3) is 5.65 Å². The number of imidazole rings is 1. The summed E-state index contributed by atoms with van der Waals surface area (Å²) in [5.74, 6) is 0.788. The van der Waals surface area contributed by atoms with Gasteiger partial charge < -0.3 is 10.1 Å². The van der Waals surface area contributed by atoms with E-state index in [2.05, 4.69) is 48.3 Å². The average Bonchev–Trinajstić information content (AvgIpc) is 3.20. The first-order chi connectivity index (χ1) is 15.1. The number of nitrogens with zero attached hydrogens (tertiary/aromatic N) is 3. The molecule has 1 unspecified atom stereocenters. The number of hydrogen-bond acceptors (Lipinski definition) is 4. The maximum Gasteiger partial charge on any atom is 0.268 e. The zero-order chi connectivity index (χ0) is 21.6. The highest BCUT2D eigenvalue weighted by Gasteiger charge is 2.18. The first-order valence-electron chi connectivity index (χ1n) is 11.2. The summed E-state index contributed by atoms with van der Waals surface area (Å²) in [5.41, 5.74) is 3.67. The summed E-state index contributed by atoms with van der Waals surface area (Å²) in [6.07, 6.45) is 3.02. The Kier molecular flexibility index (Phi) is 6.99. The molecular formula is C25H32N4O2. The smallest absolute Gasteiger partial charge is 0.268 e. The van der Waals surface area contributed by atoms with Gasteiger partial charge in [-0.2, -0.15) is 0 Å². The van der Waals surface area contributed by atoms with E-state index in [0.717, 1.165) is 50.6 Å². The van der Waals surface area contributed by atoms with E-state index in [1.165, 1.54) is 5.56 Å².